The third-order valence-corrected chi connectivity index (χ3v) is 4.91. The minimum Gasteiger partial charge on any atom is -0.293 e. The zero-order valence-corrected chi connectivity index (χ0v) is 11.3. The lowest BCUT2D eigenvalue weighted by Gasteiger charge is -2.03. The zero-order chi connectivity index (χ0) is 12.5. The fourth-order valence-corrected chi connectivity index (χ4v) is 3.73. The molecule has 0 spiro atoms. The minimum atomic E-state index is 0.267. The molecule has 1 nitrogen and oxygen atoms in total. The van der Waals surface area contributed by atoms with Crippen LogP contribution in [-0.2, 0) is 19.3 Å². The second-order valence-electron chi connectivity index (χ2n) is 4.94. The predicted molar refractivity (Wildman–Crippen MR) is 75.6 cm³/mol. The Labute approximate surface area is 111 Å². The third kappa shape index (κ3) is 2.13. The van der Waals surface area contributed by atoms with E-state index in [0.29, 0.717) is 6.42 Å². The van der Waals surface area contributed by atoms with Crippen LogP contribution in [0.25, 0.3) is 0 Å². The first-order valence-corrected chi connectivity index (χ1v) is 7.25. The van der Waals surface area contributed by atoms with E-state index in [1.807, 2.05) is 12.1 Å². The Morgan fingerprint density at radius 3 is 2.89 bits per heavy atom. The largest absolute Gasteiger partial charge is 0.293 e. The summed E-state index contributed by atoms with van der Waals surface area (Å²) in [6.07, 6.45) is 4.11. The molecule has 0 amide bonds. The van der Waals surface area contributed by atoms with Crippen molar-refractivity contribution in [1.29, 1.82) is 0 Å². The summed E-state index contributed by atoms with van der Waals surface area (Å²) in [5, 5.41) is 0. The second kappa shape index (κ2) is 4.69. The number of carbonyl (C=O) groups is 1. The van der Waals surface area contributed by atoms with Crippen molar-refractivity contribution < 1.29 is 4.79 Å². The highest BCUT2D eigenvalue weighted by atomic mass is 32.1. The van der Waals surface area contributed by atoms with Gasteiger partial charge in [-0.3, -0.25) is 4.79 Å². The molecule has 1 aliphatic rings. The zero-order valence-electron chi connectivity index (χ0n) is 10.5. The van der Waals surface area contributed by atoms with Gasteiger partial charge < -0.3 is 0 Å². The molecular weight excluding hydrogens is 240 g/mol. The molecule has 0 aliphatic heterocycles. The molecule has 0 saturated heterocycles. The normalized spacial score (nSPS) is 13.6. The minimum absolute atomic E-state index is 0.267. The average Bonchev–Trinajstić information content (AvgIpc) is 2.92. The lowest BCUT2D eigenvalue weighted by atomic mass is 10.0. The summed E-state index contributed by atoms with van der Waals surface area (Å²) >= 11 is 1.71. The Hall–Kier alpha value is -1.41. The van der Waals surface area contributed by atoms with Crippen LogP contribution in [-0.4, -0.2) is 5.78 Å². The van der Waals surface area contributed by atoms with Gasteiger partial charge in [0, 0.05) is 11.3 Å². The first kappa shape index (κ1) is 11.7. The van der Waals surface area contributed by atoms with Crippen molar-refractivity contribution in [2.24, 2.45) is 0 Å². The SMILES string of the molecule is Cc1ccccc1CC(=O)c1cc2c(s1)CCC2. The number of Topliss-reactive ketones (excluding diaryl/α,β-unsaturated/α-hetero) is 1. The number of hydrogen-bond acceptors (Lipinski definition) is 2. The maximum atomic E-state index is 12.3. The molecule has 0 saturated carbocycles. The number of rotatable bonds is 3. The van der Waals surface area contributed by atoms with Crippen molar-refractivity contribution in [2.75, 3.05) is 0 Å². The average molecular weight is 256 g/mol. The van der Waals surface area contributed by atoms with Crippen LogP contribution in [0.5, 0.6) is 0 Å². The number of hydrogen-bond donors (Lipinski definition) is 0. The van der Waals surface area contributed by atoms with E-state index in [9.17, 15) is 4.79 Å². The van der Waals surface area contributed by atoms with Crippen LogP contribution in [0.15, 0.2) is 30.3 Å². The predicted octanol–water partition coefficient (Wildman–Crippen LogP) is 3.97. The maximum Gasteiger partial charge on any atom is 0.177 e. The molecule has 1 aromatic carbocycles. The third-order valence-electron chi connectivity index (χ3n) is 3.63. The van der Waals surface area contributed by atoms with Gasteiger partial charge in [0.25, 0.3) is 0 Å². The molecular formula is C16H16OS. The van der Waals surface area contributed by atoms with Gasteiger partial charge in [0.2, 0.25) is 0 Å². The molecule has 0 N–H and O–H groups in total. The number of ketones is 1. The van der Waals surface area contributed by atoms with E-state index in [-0.39, 0.29) is 5.78 Å². The number of carbonyl (C=O) groups excluding carboxylic acids is 1. The van der Waals surface area contributed by atoms with E-state index < -0.39 is 0 Å². The molecule has 3 rings (SSSR count). The fraction of sp³-hybridized carbons (Fsp3) is 0.312. The van der Waals surface area contributed by atoms with Crippen LogP contribution in [0.3, 0.4) is 0 Å². The highest BCUT2D eigenvalue weighted by Gasteiger charge is 2.18. The summed E-state index contributed by atoms with van der Waals surface area (Å²) in [5.74, 6) is 0.267. The summed E-state index contributed by atoms with van der Waals surface area (Å²) in [5.41, 5.74) is 3.76. The van der Waals surface area contributed by atoms with Crippen LogP contribution in [0.1, 0.15) is 37.7 Å². The van der Waals surface area contributed by atoms with Gasteiger partial charge in [0.15, 0.2) is 5.78 Å². The standard InChI is InChI=1S/C16H16OS/c1-11-5-2-3-6-12(11)9-14(17)16-10-13-7-4-8-15(13)18-16/h2-3,5-6,10H,4,7-9H2,1H3. The van der Waals surface area contributed by atoms with Crippen molar-refractivity contribution >= 4 is 17.1 Å². The first-order valence-electron chi connectivity index (χ1n) is 6.43. The molecule has 1 aliphatic carbocycles. The lowest BCUT2D eigenvalue weighted by Crippen LogP contribution is -2.02. The van der Waals surface area contributed by atoms with Gasteiger partial charge in [0.05, 0.1) is 4.88 Å². The van der Waals surface area contributed by atoms with Gasteiger partial charge in [-0.05, 0) is 48.9 Å². The first-order chi connectivity index (χ1) is 8.74. The monoisotopic (exact) mass is 256 g/mol. The Bertz CT molecular complexity index is 573. The molecule has 18 heavy (non-hydrogen) atoms. The van der Waals surface area contributed by atoms with Crippen molar-refractivity contribution in [3.05, 3.63) is 56.8 Å². The van der Waals surface area contributed by atoms with E-state index in [0.717, 1.165) is 23.3 Å². The molecule has 1 aromatic heterocycles. The Morgan fingerprint density at radius 1 is 1.28 bits per heavy atom. The van der Waals surface area contributed by atoms with Crippen molar-refractivity contribution in [3.8, 4) is 0 Å². The highest BCUT2D eigenvalue weighted by Crippen LogP contribution is 2.31. The Balaban J connectivity index is 1.81. The topological polar surface area (TPSA) is 17.1 Å². The van der Waals surface area contributed by atoms with Gasteiger partial charge in [-0.15, -0.1) is 11.3 Å². The van der Waals surface area contributed by atoms with Gasteiger partial charge >= 0.3 is 0 Å². The molecule has 0 atom stereocenters. The van der Waals surface area contributed by atoms with Gasteiger partial charge in [0.1, 0.15) is 0 Å². The van der Waals surface area contributed by atoms with E-state index in [4.69, 9.17) is 0 Å². The molecule has 0 radical (unpaired) electrons. The maximum absolute atomic E-state index is 12.3. The summed E-state index contributed by atoms with van der Waals surface area (Å²) < 4.78 is 0. The van der Waals surface area contributed by atoms with Gasteiger partial charge in [-0.2, -0.15) is 0 Å². The number of fused-ring (bicyclic) bond motifs is 1. The van der Waals surface area contributed by atoms with Crippen LogP contribution in [0, 0.1) is 6.92 Å². The quantitative estimate of drug-likeness (QED) is 0.759. The highest BCUT2D eigenvalue weighted by molar-refractivity contribution is 7.14. The number of aryl methyl sites for hydroxylation is 3. The van der Waals surface area contributed by atoms with Crippen LogP contribution in [0.4, 0.5) is 0 Å². The van der Waals surface area contributed by atoms with Crippen LogP contribution >= 0.6 is 11.3 Å². The van der Waals surface area contributed by atoms with E-state index in [1.165, 1.54) is 22.4 Å². The van der Waals surface area contributed by atoms with Crippen LogP contribution < -0.4 is 0 Å². The van der Waals surface area contributed by atoms with Crippen molar-refractivity contribution in [1.82, 2.24) is 0 Å². The molecule has 0 bridgehead atoms. The van der Waals surface area contributed by atoms with Crippen molar-refractivity contribution in [3.63, 3.8) is 0 Å². The Kier molecular flexibility index (Phi) is 3.04. The molecule has 1 heterocycles. The number of benzene rings is 1. The Morgan fingerprint density at radius 2 is 2.11 bits per heavy atom. The van der Waals surface area contributed by atoms with E-state index >= 15 is 0 Å². The summed E-state index contributed by atoms with van der Waals surface area (Å²) in [6, 6.07) is 10.3. The van der Waals surface area contributed by atoms with Crippen molar-refractivity contribution in [2.45, 2.75) is 32.6 Å². The summed E-state index contributed by atoms with van der Waals surface area (Å²) in [4.78, 5) is 14.7. The number of thiophene rings is 1. The molecule has 2 aromatic rings. The smallest absolute Gasteiger partial charge is 0.177 e. The van der Waals surface area contributed by atoms with E-state index in [2.05, 4.69) is 25.1 Å². The molecule has 92 valence electrons. The molecule has 0 fully saturated rings. The molecule has 2 heteroatoms. The fourth-order valence-electron chi connectivity index (χ4n) is 2.53. The van der Waals surface area contributed by atoms with Gasteiger partial charge in [-0.25, -0.2) is 0 Å². The summed E-state index contributed by atoms with van der Waals surface area (Å²) in [6.45, 7) is 2.07. The van der Waals surface area contributed by atoms with E-state index in [1.54, 1.807) is 11.3 Å². The molecule has 0 unspecified atom stereocenters. The van der Waals surface area contributed by atoms with Gasteiger partial charge in [-0.1, -0.05) is 24.3 Å². The lowest BCUT2D eigenvalue weighted by molar-refractivity contribution is 0.0996. The van der Waals surface area contributed by atoms with Crippen LogP contribution in [0.2, 0.25) is 0 Å². The summed E-state index contributed by atoms with van der Waals surface area (Å²) in [7, 11) is 0. The second-order valence-corrected chi connectivity index (χ2v) is 6.08.